The second-order valence-electron chi connectivity index (χ2n) is 4.44. The van der Waals surface area contributed by atoms with Gasteiger partial charge in [0.25, 0.3) is 0 Å². The van der Waals surface area contributed by atoms with Crippen LogP contribution in [0.1, 0.15) is 25.7 Å². The zero-order valence-corrected chi connectivity index (χ0v) is 8.07. The van der Waals surface area contributed by atoms with Crippen LogP contribution in [0.3, 0.4) is 0 Å². The van der Waals surface area contributed by atoms with Gasteiger partial charge in [-0.15, -0.1) is 0 Å². The first-order chi connectivity index (χ1) is 6.18. The van der Waals surface area contributed by atoms with Crippen LogP contribution in [-0.4, -0.2) is 35.6 Å². The third kappa shape index (κ3) is 1.57. The highest BCUT2D eigenvalue weighted by Crippen LogP contribution is 2.37. The SMILES string of the molecule is CN1CCC2CCC(C(=O)O)CC21. The number of carboxylic acids is 1. The lowest BCUT2D eigenvalue weighted by molar-refractivity contribution is -0.143. The molecule has 1 aliphatic heterocycles. The molecule has 3 heteroatoms. The largest absolute Gasteiger partial charge is 0.481 e. The summed E-state index contributed by atoms with van der Waals surface area (Å²) in [6, 6.07) is 0.551. The zero-order valence-electron chi connectivity index (χ0n) is 8.07. The maximum absolute atomic E-state index is 10.8. The van der Waals surface area contributed by atoms with Crippen molar-refractivity contribution < 1.29 is 9.90 Å². The molecule has 0 amide bonds. The molecule has 0 radical (unpaired) electrons. The molecule has 3 nitrogen and oxygen atoms in total. The summed E-state index contributed by atoms with van der Waals surface area (Å²) >= 11 is 0. The summed E-state index contributed by atoms with van der Waals surface area (Å²) < 4.78 is 0. The highest BCUT2D eigenvalue weighted by Gasteiger charge is 2.39. The molecule has 0 aromatic carbocycles. The van der Waals surface area contributed by atoms with Crippen LogP contribution in [-0.2, 0) is 4.79 Å². The Kier molecular flexibility index (Phi) is 2.28. The summed E-state index contributed by atoms with van der Waals surface area (Å²) in [6.07, 6.45) is 4.15. The number of hydrogen-bond donors (Lipinski definition) is 1. The maximum atomic E-state index is 10.8. The number of nitrogens with zero attached hydrogens (tertiary/aromatic N) is 1. The Labute approximate surface area is 78.7 Å². The molecule has 1 saturated carbocycles. The monoisotopic (exact) mass is 183 g/mol. The number of aliphatic carboxylic acids is 1. The molecule has 74 valence electrons. The fraction of sp³-hybridized carbons (Fsp3) is 0.900. The van der Waals surface area contributed by atoms with Gasteiger partial charge in [-0.2, -0.15) is 0 Å². The highest BCUT2D eigenvalue weighted by molar-refractivity contribution is 5.70. The van der Waals surface area contributed by atoms with Gasteiger partial charge in [0.15, 0.2) is 0 Å². The number of carbonyl (C=O) groups is 1. The molecule has 13 heavy (non-hydrogen) atoms. The molecule has 2 fully saturated rings. The van der Waals surface area contributed by atoms with Crippen molar-refractivity contribution in [3.8, 4) is 0 Å². The molecule has 1 saturated heterocycles. The molecule has 1 heterocycles. The third-order valence-corrected chi connectivity index (χ3v) is 3.72. The molecule has 0 aromatic heterocycles. The molecule has 2 aliphatic rings. The molecule has 1 aliphatic carbocycles. The molecule has 3 atom stereocenters. The lowest BCUT2D eigenvalue weighted by Gasteiger charge is -2.32. The Bertz CT molecular complexity index is 217. The first-order valence-electron chi connectivity index (χ1n) is 5.11. The van der Waals surface area contributed by atoms with Crippen molar-refractivity contribution in [2.24, 2.45) is 11.8 Å². The number of rotatable bonds is 1. The lowest BCUT2D eigenvalue weighted by Crippen LogP contribution is -2.37. The van der Waals surface area contributed by atoms with E-state index in [1.54, 1.807) is 0 Å². The van der Waals surface area contributed by atoms with Crippen LogP contribution < -0.4 is 0 Å². The van der Waals surface area contributed by atoms with E-state index in [0.717, 1.165) is 31.7 Å². The van der Waals surface area contributed by atoms with E-state index in [4.69, 9.17) is 5.11 Å². The minimum atomic E-state index is -0.598. The van der Waals surface area contributed by atoms with Gasteiger partial charge in [0.2, 0.25) is 0 Å². The van der Waals surface area contributed by atoms with Gasteiger partial charge in [0, 0.05) is 6.04 Å². The predicted molar refractivity (Wildman–Crippen MR) is 49.5 cm³/mol. The normalized spacial score (nSPS) is 40.2. The molecule has 1 N–H and O–H groups in total. The van der Waals surface area contributed by atoms with Gasteiger partial charge in [-0.25, -0.2) is 0 Å². The van der Waals surface area contributed by atoms with Crippen molar-refractivity contribution >= 4 is 5.97 Å². The van der Waals surface area contributed by atoms with Crippen molar-refractivity contribution in [3.63, 3.8) is 0 Å². The highest BCUT2D eigenvalue weighted by atomic mass is 16.4. The number of fused-ring (bicyclic) bond motifs is 1. The van der Waals surface area contributed by atoms with Crippen LogP contribution >= 0.6 is 0 Å². The number of carboxylic acid groups (broad SMARTS) is 1. The molecule has 0 bridgehead atoms. The van der Waals surface area contributed by atoms with Gasteiger partial charge in [-0.05, 0) is 45.2 Å². The van der Waals surface area contributed by atoms with Crippen molar-refractivity contribution in [1.29, 1.82) is 0 Å². The summed E-state index contributed by atoms with van der Waals surface area (Å²) in [5.74, 6) is 0.0983. The fourth-order valence-electron chi connectivity index (χ4n) is 2.85. The zero-order chi connectivity index (χ0) is 9.42. The molecule has 2 rings (SSSR count). The van der Waals surface area contributed by atoms with E-state index in [9.17, 15) is 4.79 Å². The summed E-state index contributed by atoms with van der Waals surface area (Å²) in [5, 5.41) is 8.93. The summed E-state index contributed by atoms with van der Waals surface area (Å²) in [5.41, 5.74) is 0. The average Bonchev–Trinajstić information content (AvgIpc) is 2.47. The summed E-state index contributed by atoms with van der Waals surface area (Å²) in [6.45, 7) is 1.15. The van der Waals surface area contributed by atoms with E-state index in [1.165, 1.54) is 6.42 Å². The van der Waals surface area contributed by atoms with E-state index in [0.29, 0.717) is 6.04 Å². The Hall–Kier alpha value is -0.570. The van der Waals surface area contributed by atoms with Gasteiger partial charge < -0.3 is 10.0 Å². The van der Waals surface area contributed by atoms with Crippen molar-refractivity contribution in [2.75, 3.05) is 13.6 Å². The van der Waals surface area contributed by atoms with Crippen molar-refractivity contribution in [2.45, 2.75) is 31.7 Å². The third-order valence-electron chi connectivity index (χ3n) is 3.72. The van der Waals surface area contributed by atoms with Crippen LogP contribution in [0.5, 0.6) is 0 Å². The van der Waals surface area contributed by atoms with Crippen molar-refractivity contribution in [3.05, 3.63) is 0 Å². The topological polar surface area (TPSA) is 40.5 Å². The van der Waals surface area contributed by atoms with Gasteiger partial charge in [0.1, 0.15) is 0 Å². The first kappa shape index (κ1) is 9.00. The van der Waals surface area contributed by atoms with Crippen LogP contribution in [0, 0.1) is 11.8 Å². The summed E-state index contributed by atoms with van der Waals surface area (Å²) in [4.78, 5) is 13.2. The number of likely N-dealkylation sites (tertiary alicyclic amines) is 1. The van der Waals surface area contributed by atoms with Crippen LogP contribution in [0.25, 0.3) is 0 Å². The van der Waals surface area contributed by atoms with E-state index in [2.05, 4.69) is 11.9 Å². The molecular formula is C10H17NO2. The second-order valence-corrected chi connectivity index (χ2v) is 4.44. The molecular weight excluding hydrogens is 166 g/mol. The van der Waals surface area contributed by atoms with E-state index in [1.807, 2.05) is 0 Å². The first-order valence-corrected chi connectivity index (χ1v) is 5.11. The van der Waals surface area contributed by atoms with Gasteiger partial charge >= 0.3 is 5.97 Å². The minimum absolute atomic E-state index is 0.0817. The smallest absolute Gasteiger partial charge is 0.306 e. The van der Waals surface area contributed by atoms with Crippen LogP contribution in [0.4, 0.5) is 0 Å². The Morgan fingerprint density at radius 2 is 2.15 bits per heavy atom. The van der Waals surface area contributed by atoms with Crippen LogP contribution in [0.2, 0.25) is 0 Å². The van der Waals surface area contributed by atoms with Crippen LogP contribution in [0.15, 0.2) is 0 Å². The van der Waals surface area contributed by atoms with Gasteiger partial charge in [-0.1, -0.05) is 0 Å². The number of hydrogen-bond acceptors (Lipinski definition) is 2. The lowest BCUT2D eigenvalue weighted by atomic mass is 9.79. The summed E-state index contributed by atoms with van der Waals surface area (Å²) in [7, 11) is 2.12. The van der Waals surface area contributed by atoms with E-state index < -0.39 is 5.97 Å². The Balaban J connectivity index is 2.01. The molecule has 0 aromatic rings. The standard InChI is InChI=1S/C10H17NO2/c1-11-5-4-7-2-3-8(10(12)13)6-9(7)11/h7-9H,2-6H2,1H3,(H,12,13). The molecule has 3 unspecified atom stereocenters. The van der Waals surface area contributed by atoms with Gasteiger partial charge in [0.05, 0.1) is 5.92 Å². The molecule has 0 spiro atoms. The predicted octanol–water partition coefficient (Wildman–Crippen LogP) is 1.19. The van der Waals surface area contributed by atoms with Crippen molar-refractivity contribution in [1.82, 2.24) is 4.90 Å². The average molecular weight is 183 g/mol. The quantitative estimate of drug-likeness (QED) is 0.664. The second kappa shape index (κ2) is 3.29. The minimum Gasteiger partial charge on any atom is -0.481 e. The fourth-order valence-corrected chi connectivity index (χ4v) is 2.85. The van der Waals surface area contributed by atoms with E-state index in [-0.39, 0.29) is 5.92 Å². The Morgan fingerprint density at radius 3 is 2.85 bits per heavy atom. The van der Waals surface area contributed by atoms with E-state index >= 15 is 0 Å². The Morgan fingerprint density at radius 1 is 1.38 bits per heavy atom. The maximum Gasteiger partial charge on any atom is 0.306 e. The van der Waals surface area contributed by atoms with Gasteiger partial charge in [-0.3, -0.25) is 4.79 Å².